The minimum atomic E-state index is -0.517. The molecule has 0 aromatic carbocycles. The molecule has 0 bridgehead atoms. The topological polar surface area (TPSA) is 87.3 Å². The van der Waals surface area contributed by atoms with E-state index < -0.39 is 11.5 Å². The maximum absolute atomic E-state index is 13.2. The number of hydrogen-bond acceptors (Lipinski definition) is 3. The van der Waals surface area contributed by atoms with Gasteiger partial charge >= 0.3 is 0 Å². The summed E-state index contributed by atoms with van der Waals surface area (Å²) in [7, 11) is 0. The van der Waals surface area contributed by atoms with Crippen molar-refractivity contribution in [3.63, 3.8) is 0 Å². The fourth-order valence-corrected chi connectivity index (χ4v) is 5.10. The van der Waals surface area contributed by atoms with Gasteiger partial charge in [-0.3, -0.25) is 14.4 Å². The van der Waals surface area contributed by atoms with Crippen LogP contribution in [-0.4, -0.2) is 36.9 Å². The highest BCUT2D eigenvalue weighted by molar-refractivity contribution is 5.88. The van der Waals surface area contributed by atoms with E-state index in [0.717, 1.165) is 44.9 Å². The zero-order chi connectivity index (χ0) is 24.1. The van der Waals surface area contributed by atoms with Gasteiger partial charge in [0.2, 0.25) is 17.7 Å². The molecule has 0 aliphatic carbocycles. The molecule has 1 spiro atoms. The van der Waals surface area contributed by atoms with E-state index in [-0.39, 0.29) is 23.6 Å². The minimum absolute atomic E-state index is 0.0248. The van der Waals surface area contributed by atoms with E-state index in [1.165, 1.54) is 19.3 Å². The Kier molecular flexibility index (Phi) is 12.0. The van der Waals surface area contributed by atoms with Crippen molar-refractivity contribution in [3.05, 3.63) is 12.2 Å². The van der Waals surface area contributed by atoms with E-state index in [4.69, 9.17) is 0 Å². The standard InChI is InChI=1S/C27H47N3O3/c1-4-5-6-7-10-13-22-14-11-8-9-12-15-27(17-19-29-26(27)33)16-18-28-25(32)23(20-21(2)3)30-24(22)31/h9,12,21-23H,4-8,10-11,13-20H2,1-3H3,(H,28,32)(H,29,33)(H,30,31)/b12-9+. The number of allylic oxidation sites excluding steroid dienone is 2. The molecule has 3 unspecified atom stereocenters. The van der Waals surface area contributed by atoms with Gasteiger partial charge in [0.05, 0.1) is 5.41 Å². The number of unbranched alkanes of at least 4 members (excludes halogenated alkanes) is 4. The van der Waals surface area contributed by atoms with Gasteiger partial charge in [0.15, 0.2) is 0 Å². The molecule has 0 saturated carbocycles. The Morgan fingerprint density at radius 2 is 1.70 bits per heavy atom. The lowest BCUT2D eigenvalue weighted by Gasteiger charge is -2.26. The van der Waals surface area contributed by atoms with Gasteiger partial charge < -0.3 is 16.0 Å². The van der Waals surface area contributed by atoms with Gasteiger partial charge in [-0.2, -0.15) is 0 Å². The van der Waals surface area contributed by atoms with Gasteiger partial charge in [0.25, 0.3) is 0 Å². The highest BCUT2D eigenvalue weighted by Crippen LogP contribution is 2.35. The Labute approximate surface area is 201 Å². The molecule has 6 heteroatoms. The molecule has 3 atom stereocenters. The molecule has 0 aromatic rings. The van der Waals surface area contributed by atoms with Crippen LogP contribution in [0.5, 0.6) is 0 Å². The summed E-state index contributed by atoms with van der Waals surface area (Å²) in [6.45, 7) is 7.51. The highest BCUT2D eigenvalue weighted by atomic mass is 16.2. The normalized spacial score (nSPS) is 28.7. The van der Waals surface area contributed by atoms with Crippen LogP contribution in [0.3, 0.4) is 0 Å². The lowest BCUT2D eigenvalue weighted by molar-refractivity contribution is -0.132. The van der Waals surface area contributed by atoms with Crippen LogP contribution in [-0.2, 0) is 14.4 Å². The zero-order valence-electron chi connectivity index (χ0n) is 21.2. The van der Waals surface area contributed by atoms with Crippen LogP contribution in [0.4, 0.5) is 0 Å². The number of rotatable bonds is 8. The average Bonchev–Trinajstić information content (AvgIpc) is 3.13. The van der Waals surface area contributed by atoms with Crippen molar-refractivity contribution in [1.29, 1.82) is 0 Å². The monoisotopic (exact) mass is 461 g/mol. The number of hydrogen-bond donors (Lipinski definition) is 3. The van der Waals surface area contributed by atoms with Crippen molar-refractivity contribution in [3.8, 4) is 0 Å². The van der Waals surface area contributed by atoms with Crippen molar-refractivity contribution in [2.75, 3.05) is 13.1 Å². The first-order chi connectivity index (χ1) is 15.9. The highest BCUT2D eigenvalue weighted by Gasteiger charge is 2.41. The van der Waals surface area contributed by atoms with E-state index in [9.17, 15) is 14.4 Å². The molecule has 0 radical (unpaired) electrons. The van der Waals surface area contributed by atoms with Crippen LogP contribution in [0, 0.1) is 17.3 Å². The molecule has 3 amide bonds. The first kappa shape index (κ1) is 27.4. The van der Waals surface area contributed by atoms with Crippen LogP contribution in [0.25, 0.3) is 0 Å². The fourth-order valence-electron chi connectivity index (χ4n) is 5.10. The quantitative estimate of drug-likeness (QED) is 0.364. The molecular formula is C27H47N3O3. The van der Waals surface area contributed by atoms with Gasteiger partial charge in [-0.15, -0.1) is 0 Å². The van der Waals surface area contributed by atoms with E-state index in [0.29, 0.717) is 38.3 Å². The Morgan fingerprint density at radius 1 is 0.970 bits per heavy atom. The second-order valence-corrected chi connectivity index (χ2v) is 10.5. The second-order valence-electron chi connectivity index (χ2n) is 10.5. The molecule has 2 aliphatic rings. The van der Waals surface area contributed by atoms with Crippen molar-refractivity contribution < 1.29 is 14.4 Å². The average molecular weight is 462 g/mol. The number of carbonyl (C=O) groups is 3. The van der Waals surface area contributed by atoms with Gasteiger partial charge in [-0.25, -0.2) is 0 Å². The van der Waals surface area contributed by atoms with Crippen molar-refractivity contribution in [2.45, 2.75) is 110 Å². The summed E-state index contributed by atoms with van der Waals surface area (Å²) in [4.78, 5) is 38.8. The third kappa shape index (κ3) is 9.13. The van der Waals surface area contributed by atoms with E-state index in [2.05, 4.69) is 48.9 Å². The molecule has 0 aromatic heterocycles. The summed E-state index contributed by atoms with van der Waals surface area (Å²) in [5.74, 6) is 0.252. The van der Waals surface area contributed by atoms with Crippen molar-refractivity contribution in [2.24, 2.45) is 17.3 Å². The number of nitrogens with one attached hydrogen (secondary N) is 3. The molecule has 2 aliphatic heterocycles. The van der Waals surface area contributed by atoms with Gasteiger partial charge in [-0.1, -0.05) is 65.0 Å². The largest absolute Gasteiger partial charge is 0.356 e. The molecule has 33 heavy (non-hydrogen) atoms. The third-order valence-electron chi connectivity index (χ3n) is 7.24. The number of amides is 3. The Bertz CT molecular complexity index is 661. The fraction of sp³-hybridized carbons (Fsp3) is 0.815. The first-order valence-corrected chi connectivity index (χ1v) is 13.4. The predicted molar refractivity (Wildman–Crippen MR) is 134 cm³/mol. The van der Waals surface area contributed by atoms with Crippen LogP contribution in [0.2, 0.25) is 0 Å². The van der Waals surface area contributed by atoms with Crippen molar-refractivity contribution in [1.82, 2.24) is 16.0 Å². The third-order valence-corrected chi connectivity index (χ3v) is 7.24. The number of carbonyl (C=O) groups excluding carboxylic acids is 3. The van der Waals surface area contributed by atoms with Crippen LogP contribution in [0.15, 0.2) is 12.2 Å². The maximum Gasteiger partial charge on any atom is 0.242 e. The lowest BCUT2D eigenvalue weighted by Crippen LogP contribution is -2.49. The molecule has 3 N–H and O–H groups in total. The molecule has 1 saturated heterocycles. The van der Waals surface area contributed by atoms with Crippen LogP contribution < -0.4 is 16.0 Å². The van der Waals surface area contributed by atoms with Gasteiger partial charge in [0, 0.05) is 19.0 Å². The summed E-state index contributed by atoms with van der Waals surface area (Å²) >= 11 is 0. The summed E-state index contributed by atoms with van der Waals surface area (Å²) in [6, 6.07) is -0.517. The molecular weight excluding hydrogens is 414 g/mol. The molecule has 1 fully saturated rings. The molecule has 188 valence electrons. The minimum Gasteiger partial charge on any atom is -0.356 e. The Hall–Kier alpha value is -1.85. The summed E-state index contributed by atoms with van der Waals surface area (Å²) in [5.41, 5.74) is -0.429. The SMILES string of the molecule is CCCCCCCC1CCC/C=C/CC2(CCNC(=O)C(CC(C)C)NC1=O)CCNC2=O. The van der Waals surface area contributed by atoms with Crippen LogP contribution in [0.1, 0.15) is 104 Å². The molecule has 2 heterocycles. The van der Waals surface area contributed by atoms with E-state index >= 15 is 0 Å². The zero-order valence-corrected chi connectivity index (χ0v) is 21.2. The Morgan fingerprint density at radius 3 is 2.39 bits per heavy atom. The second kappa shape index (κ2) is 14.4. The van der Waals surface area contributed by atoms with Crippen LogP contribution >= 0.6 is 0 Å². The summed E-state index contributed by atoms with van der Waals surface area (Å²) in [5, 5.41) is 9.09. The maximum atomic E-state index is 13.2. The first-order valence-electron chi connectivity index (χ1n) is 13.4. The van der Waals surface area contributed by atoms with Crippen molar-refractivity contribution >= 4 is 17.7 Å². The molecule has 2 rings (SSSR count). The van der Waals surface area contributed by atoms with E-state index in [1.54, 1.807) is 0 Å². The summed E-state index contributed by atoms with van der Waals surface area (Å²) < 4.78 is 0. The summed E-state index contributed by atoms with van der Waals surface area (Å²) in [6.07, 6.45) is 16.6. The smallest absolute Gasteiger partial charge is 0.242 e. The van der Waals surface area contributed by atoms with Gasteiger partial charge in [-0.05, 0) is 57.3 Å². The molecule has 6 nitrogen and oxygen atoms in total. The van der Waals surface area contributed by atoms with E-state index in [1.807, 2.05) is 0 Å². The van der Waals surface area contributed by atoms with Gasteiger partial charge in [0.1, 0.15) is 6.04 Å². The predicted octanol–water partition coefficient (Wildman–Crippen LogP) is 4.64. The Balaban J connectivity index is 2.10. The lowest BCUT2D eigenvalue weighted by atomic mass is 9.79.